The van der Waals surface area contributed by atoms with Crippen molar-refractivity contribution in [2.24, 2.45) is 5.92 Å². The summed E-state index contributed by atoms with van der Waals surface area (Å²) in [6.07, 6.45) is 1.76. The Bertz CT molecular complexity index is 405. The van der Waals surface area contributed by atoms with Gasteiger partial charge in [-0.1, -0.05) is 6.07 Å². The Morgan fingerprint density at radius 2 is 2.38 bits per heavy atom. The fourth-order valence-corrected chi connectivity index (χ4v) is 1.78. The molecular formula is C11H12N2O3. The van der Waals surface area contributed by atoms with Crippen LogP contribution < -0.4 is 0 Å². The first kappa shape index (κ1) is 10.6. The first-order chi connectivity index (χ1) is 7.66. The average Bonchev–Trinajstić information content (AvgIpc) is 2.62. The molecular weight excluding hydrogens is 208 g/mol. The molecule has 1 fully saturated rings. The molecule has 1 amide bonds. The van der Waals surface area contributed by atoms with E-state index in [9.17, 15) is 9.59 Å². The average molecular weight is 220 g/mol. The summed E-state index contributed by atoms with van der Waals surface area (Å²) in [5.41, 5.74) is 0.780. The highest BCUT2D eigenvalue weighted by molar-refractivity contribution is 5.85. The molecule has 2 rings (SSSR count). The van der Waals surface area contributed by atoms with Crippen LogP contribution in [0.5, 0.6) is 0 Å². The molecule has 1 aromatic rings. The van der Waals surface area contributed by atoms with Crippen LogP contribution in [0.25, 0.3) is 0 Å². The van der Waals surface area contributed by atoms with E-state index in [4.69, 9.17) is 5.11 Å². The first-order valence-electron chi connectivity index (χ1n) is 5.07. The van der Waals surface area contributed by atoms with Crippen molar-refractivity contribution in [2.45, 2.75) is 13.0 Å². The molecule has 1 atom stereocenters. The maximum absolute atomic E-state index is 11.5. The highest BCUT2D eigenvalue weighted by Crippen LogP contribution is 2.19. The Morgan fingerprint density at radius 3 is 2.94 bits per heavy atom. The smallest absolute Gasteiger partial charge is 0.308 e. The molecule has 84 valence electrons. The van der Waals surface area contributed by atoms with E-state index in [1.165, 1.54) is 0 Å². The molecule has 0 spiro atoms. The highest BCUT2D eigenvalue weighted by Gasteiger charge is 2.34. The molecule has 16 heavy (non-hydrogen) atoms. The first-order valence-corrected chi connectivity index (χ1v) is 5.07. The molecule has 5 nitrogen and oxygen atoms in total. The topological polar surface area (TPSA) is 70.5 Å². The summed E-state index contributed by atoms with van der Waals surface area (Å²) in [5, 5.41) is 8.82. The molecule has 0 aromatic carbocycles. The van der Waals surface area contributed by atoms with Crippen LogP contribution in [0.1, 0.15) is 12.1 Å². The van der Waals surface area contributed by atoms with Crippen molar-refractivity contribution in [3.63, 3.8) is 0 Å². The van der Waals surface area contributed by atoms with Gasteiger partial charge in [0.2, 0.25) is 5.91 Å². The number of carboxylic acids is 1. The number of amides is 1. The van der Waals surface area contributed by atoms with Crippen LogP contribution in [0.2, 0.25) is 0 Å². The van der Waals surface area contributed by atoms with E-state index in [1.807, 2.05) is 12.1 Å². The van der Waals surface area contributed by atoms with Crippen LogP contribution >= 0.6 is 0 Å². The van der Waals surface area contributed by atoms with Gasteiger partial charge in [-0.3, -0.25) is 14.6 Å². The highest BCUT2D eigenvalue weighted by atomic mass is 16.4. The summed E-state index contributed by atoms with van der Waals surface area (Å²) >= 11 is 0. The second-order valence-corrected chi connectivity index (χ2v) is 3.83. The van der Waals surface area contributed by atoms with Gasteiger partial charge in [-0.15, -0.1) is 0 Å². The van der Waals surface area contributed by atoms with Crippen molar-refractivity contribution >= 4 is 11.9 Å². The Balaban J connectivity index is 2.02. The summed E-state index contributed by atoms with van der Waals surface area (Å²) in [4.78, 5) is 27.9. The molecule has 1 aliphatic heterocycles. The number of nitrogens with zero attached hydrogens (tertiary/aromatic N) is 2. The van der Waals surface area contributed by atoms with Crippen molar-refractivity contribution in [3.05, 3.63) is 30.1 Å². The van der Waals surface area contributed by atoms with Crippen molar-refractivity contribution in [3.8, 4) is 0 Å². The Kier molecular flexibility index (Phi) is 2.85. The number of rotatable bonds is 3. The lowest BCUT2D eigenvalue weighted by Gasteiger charge is -2.14. The Hall–Kier alpha value is -1.91. The zero-order valence-electron chi connectivity index (χ0n) is 8.67. The van der Waals surface area contributed by atoms with Gasteiger partial charge in [-0.05, 0) is 12.1 Å². The normalized spacial score (nSPS) is 20.1. The van der Waals surface area contributed by atoms with Crippen LogP contribution in [0, 0.1) is 5.92 Å². The van der Waals surface area contributed by atoms with Crippen molar-refractivity contribution in [1.82, 2.24) is 9.88 Å². The second kappa shape index (κ2) is 4.30. The van der Waals surface area contributed by atoms with Gasteiger partial charge in [-0.25, -0.2) is 0 Å². The lowest BCUT2D eigenvalue weighted by atomic mass is 10.1. The lowest BCUT2D eigenvalue weighted by Crippen LogP contribution is -2.26. The summed E-state index contributed by atoms with van der Waals surface area (Å²) in [5.74, 6) is -1.59. The molecule has 1 aromatic heterocycles. The van der Waals surface area contributed by atoms with Gasteiger partial charge >= 0.3 is 5.97 Å². The minimum absolute atomic E-state index is 0.0994. The predicted molar refractivity (Wildman–Crippen MR) is 55.4 cm³/mol. The van der Waals surface area contributed by atoms with Gasteiger partial charge in [0.15, 0.2) is 0 Å². The largest absolute Gasteiger partial charge is 0.481 e. The minimum atomic E-state index is -0.906. The van der Waals surface area contributed by atoms with Gasteiger partial charge in [0, 0.05) is 19.2 Å². The molecule has 1 aliphatic rings. The van der Waals surface area contributed by atoms with Gasteiger partial charge in [0.25, 0.3) is 0 Å². The van der Waals surface area contributed by atoms with Crippen LogP contribution in [0.15, 0.2) is 24.4 Å². The Labute approximate surface area is 92.7 Å². The van der Waals surface area contributed by atoms with Gasteiger partial charge in [-0.2, -0.15) is 0 Å². The van der Waals surface area contributed by atoms with E-state index in [2.05, 4.69) is 4.98 Å². The van der Waals surface area contributed by atoms with Gasteiger partial charge in [0.1, 0.15) is 0 Å². The van der Waals surface area contributed by atoms with Crippen molar-refractivity contribution < 1.29 is 14.7 Å². The molecule has 1 saturated heterocycles. The Morgan fingerprint density at radius 1 is 1.56 bits per heavy atom. The number of carbonyl (C=O) groups excluding carboxylic acids is 1. The van der Waals surface area contributed by atoms with Crippen LogP contribution in [-0.4, -0.2) is 33.4 Å². The zero-order chi connectivity index (χ0) is 11.5. The minimum Gasteiger partial charge on any atom is -0.481 e. The second-order valence-electron chi connectivity index (χ2n) is 3.83. The van der Waals surface area contributed by atoms with Crippen LogP contribution in [-0.2, 0) is 16.1 Å². The standard InChI is InChI=1S/C11H12N2O3/c14-10-5-8(11(15)16)6-13(10)7-9-3-1-2-4-12-9/h1-4,8H,5-7H2,(H,15,16)/t8-/m1/s1. The van der Waals surface area contributed by atoms with Crippen LogP contribution in [0.4, 0.5) is 0 Å². The lowest BCUT2D eigenvalue weighted by molar-refractivity contribution is -0.141. The molecule has 1 N–H and O–H groups in total. The third kappa shape index (κ3) is 2.18. The van der Waals surface area contributed by atoms with E-state index in [1.54, 1.807) is 17.2 Å². The van der Waals surface area contributed by atoms with Gasteiger partial charge in [0.05, 0.1) is 18.2 Å². The number of hydrogen-bond acceptors (Lipinski definition) is 3. The summed E-state index contributed by atoms with van der Waals surface area (Å²) in [6.45, 7) is 0.675. The number of carboxylic acid groups (broad SMARTS) is 1. The molecule has 2 heterocycles. The number of likely N-dealkylation sites (tertiary alicyclic amines) is 1. The number of aliphatic carboxylic acids is 1. The molecule has 0 aliphatic carbocycles. The zero-order valence-corrected chi connectivity index (χ0v) is 8.67. The molecule has 0 unspecified atom stereocenters. The monoisotopic (exact) mass is 220 g/mol. The van der Waals surface area contributed by atoms with Crippen molar-refractivity contribution in [2.75, 3.05) is 6.54 Å². The fraction of sp³-hybridized carbons (Fsp3) is 0.364. The maximum Gasteiger partial charge on any atom is 0.308 e. The van der Waals surface area contributed by atoms with Crippen molar-refractivity contribution in [1.29, 1.82) is 0 Å². The quantitative estimate of drug-likeness (QED) is 0.805. The predicted octanol–water partition coefficient (Wildman–Crippen LogP) is 0.515. The number of pyridine rings is 1. The van der Waals surface area contributed by atoms with E-state index in [0.29, 0.717) is 6.54 Å². The van der Waals surface area contributed by atoms with Gasteiger partial charge < -0.3 is 10.0 Å². The van der Waals surface area contributed by atoms with E-state index < -0.39 is 11.9 Å². The molecule has 5 heteroatoms. The van der Waals surface area contributed by atoms with Crippen LogP contribution in [0.3, 0.4) is 0 Å². The SMILES string of the molecule is O=C(O)[C@@H]1CC(=O)N(Cc2ccccn2)C1. The third-order valence-electron chi connectivity index (χ3n) is 2.64. The maximum atomic E-state index is 11.5. The number of aromatic nitrogens is 1. The molecule has 0 saturated carbocycles. The molecule has 0 bridgehead atoms. The third-order valence-corrected chi connectivity index (χ3v) is 2.64. The summed E-state index contributed by atoms with van der Waals surface area (Å²) < 4.78 is 0. The summed E-state index contributed by atoms with van der Waals surface area (Å²) in [7, 11) is 0. The number of hydrogen-bond donors (Lipinski definition) is 1. The van der Waals surface area contributed by atoms with E-state index >= 15 is 0 Å². The van der Waals surface area contributed by atoms with E-state index in [-0.39, 0.29) is 18.9 Å². The molecule has 0 radical (unpaired) electrons. The summed E-state index contributed by atoms with van der Waals surface area (Å²) in [6, 6.07) is 5.47. The fourth-order valence-electron chi connectivity index (χ4n) is 1.78. The van der Waals surface area contributed by atoms with E-state index in [0.717, 1.165) is 5.69 Å². The number of carbonyl (C=O) groups is 2.